The van der Waals surface area contributed by atoms with Crippen molar-refractivity contribution in [3.63, 3.8) is 0 Å². The largest absolute Gasteiger partial charge is 0.398 e. The Balaban J connectivity index is 2.34. The fourth-order valence-corrected chi connectivity index (χ4v) is 2.87. The minimum absolute atomic E-state index is 0.0832. The summed E-state index contributed by atoms with van der Waals surface area (Å²) in [5, 5.41) is 3.04. The van der Waals surface area contributed by atoms with Crippen LogP contribution in [0.25, 0.3) is 0 Å². The molecule has 0 radical (unpaired) electrons. The Morgan fingerprint density at radius 3 is 2.85 bits per heavy atom. The molecule has 3 N–H and O–H groups in total. The zero-order valence-corrected chi connectivity index (χ0v) is 13.6. The van der Waals surface area contributed by atoms with E-state index in [-0.39, 0.29) is 11.9 Å². The van der Waals surface area contributed by atoms with E-state index < -0.39 is 0 Å². The van der Waals surface area contributed by atoms with Crippen LogP contribution in [0.4, 0.5) is 5.69 Å². The lowest BCUT2D eigenvalue weighted by molar-refractivity contribution is -0.119. The number of hydrogen-bond donors (Lipinski definition) is 2. The maximum absolute atomic E-state index is 11.9. The normalized spacial score (nSPS) is 12.2. The van der Waals surface area contributed by atoms with Gasteiger partial charge in [0, 0.05) is 16.6 Å². The summed E-state index contributed by atoms with van der Waals surface area (Å²) in [5.74, 6) is 0.506. The van der Waals surface area contributed by atoms with Gasteiger partial charge >= 0.3 is 0 Å². The second kappa shape index (κ2) is 8.90. The quantitative estimate of drug-likeness (QED) is 0.436. The summed E-state index contributed by atoms with van der Waals surface area (Å²) >= 11 is 1.50. The second-order valence-electron chi connectivity index (χ2n) is 5.29. The molecule has 0 fully saturated rings. The molecule has 0 spiro atoms. The van der Waals surface area contributed by atoms with Gasteiger partial charge < -0.3 is 11.1 Å². The zero-order chi connectivity index (χ0) is 15.0. The Bertz CT molecular complexity index is 434. The number of carbonyl (C=O) groups excluding carboxylic acids is 1. The van der Waals surface area contributed by atoms with Crippen LogP contribution in [0.1, 0.15) is 45.1 Å². The standard InChI is InChI=1S/C16H26N2OS/c1-4-5-6-7-13(3)18-16(19)11-20-15-10-12(2)8-9-14(15)17/h8-10,13H,4-7,11,17H2,1-3H3,(H,18,19). The molecule has 1 rings (SSSR count). The molecule has 1 aromatic carbocycles. The van der Waals surface area contributed by atoms with Crippen LogP contribution in [0.5, 0.6) is 0 Å². The van der Waals surface area contributed by atoms with Crippen molar-refractivity contribution in [3.05, 3.63) is 23.8 Å². The Kier molecular flexibility index (Phi) is 7.52. The molecule has 1 amide bonds. The average molecular weight is 294 g/mol. The summed E-state index contributed by atoms with van der Waals surface area (Å²) in [5.41, 5.74) is 7.81. The van der Waals surface area contributed by atoms with Gasteiger partial charge in [-0.25, -0.2) is 0 Å². The van der Waals surface area contributed by atoms with Crippen LogP contribution in [0.15, 0.2) is 23.1 Å². The molecule has 1 aromatic rings. The first-order valence-corrected chi connectivity index (χ1v) is 8.29. The minimum atomic E-state index is 0.0832. The predicted molar refractivity (Wildman–Crippen MR) is 88.1 cm³/mol. The lowest BCUT2D eigenvalue weighted by atomic mass is 10.1. The predicted octanol–water partition coefficient (Wildman–Crippen LogP) is 3.75. The fraction of sp³-hybridized carbons (Fsp3) is 0.562. The Morgan fingerprint density at radius 1 is 1.40 bits per heavy atom. The van der Waals surface area contributed by atoms with Gasteiger partial charge in [-0.05, 0) is 38.0 Å². The van der Waals surface area contributed by atoms with Gasteiger partial charge in [0.2, 0.25) is 5.91 Å². The van der Waals surface area contributed by atoms with Gasteiger partial charge in [0.15, 0.2) is 0 Å². The number of rotatable bonds is 8. The number of benzene rings is 1. The van der Waals surface area contributed by atoms with E-state index in [4.69, 9.17) is 5.73 Å². The second-order valence-corrected chi connectivity index (χ2v) is 6.31. The van der Waals surface area contributed by atoms with Crippen LogP contribution in [-0.2, 0) is 4.79 Å². The molecule has 0 saturated carbocycles. The molecule has 1 unspecified atom stereocenters. The molecule has 0 aliphatic rings. The molecular weight excluding hydrogens is 268 g/mol. The summed E-state index contributed by atoms with van der Waals surface area (Å²) in [6.07, 6.45) is 4.67. The number of hydrogen-bond acceptors (Lipinski definition) is 3. The highest BCUT2D eigenvalue weighted by Crippen LogP contribution is 2.25. The van der Waals surface area contributed by atoms with E-state index in [0.717, 1.165) is 22.6 Å². The molecule has 0 aromatic heterocycles. The number of thioether (sulfide) groups is 1. The summed E-state index contributed by atoms with van der Waals surface area (Å²) < 4.78 is 0. The van der Waals surface area contributed by atoms with Crippen LogP contribution in [0.2, 0.25) is 0 Å². The van der Waals surface area contributed by atoms with Crippen molar-refractivity contribution in [2.24, 2.45) is 0 Å². The monoisotopic (exact) mass is 294 g/mol. The molecular formula is C16H26N2OS. The zero-order valence-electron chi connectivity index (χ0n) is 12.7. The van der Waals surface area contributed by atoms with Gasteiger partial charge in [-0.1, -0.05) is 32.3 Å². The molecule has 0 aliphatic carbocycles. The smallest absolute Gasteiger partial charge is 0.230 e. The highest BCUT2D eigenvalue weighted by molar-refractivity contribution is 8.00. The number of anilines is 1. The number of nitrogens with two attached hydrogens (primary N) is 1. The third-order valence-electron chi connectivity index (χ3n) is 3.18. The van der Waals surface area contributed by atoms with Crippen molar-refractivity contribution in [2.45, 2.75) is 57.4 Å². The van der Waals surface area contributed by atoms with Gasteiger partial charge in [0.25, 0.3) is 0 Å². The first-order chi connectivity index (χ1) is 9.52. The number of amides is 1. The van der Waals surface area contributed by atoms with Gasteiger partial charge in [0.1, 0.15) is 0 Å². The third kappa shape index (κ3) is 6.33. The van der Waals surface area contributed by atoms with Crippen molar-refractivity contribution in [1.29, 1.82) is 0 Å². The van der Waals surface area contributed by atoms with Crippen LogP contribution < -0.4 is 11.1 Å². The van der Waals surface area contributed by atoms with Gasteiger partial charge in [-0.3, -0.25) is 4.79 Å². The SMILES string of the molecule is CCCCCC(C)NC(=O)CSc1cc(C)ccc1N. The number of carbonyl (C=O) groups is 1. The van der Waals surface area contributed by atoms with Crippen molar-refractivity contribution < 1.29 is 4.79 Å². The van der Waals surface area contributed by atoms with Crippen LogP contribution in [0.3, 0.4) is 0 Å². The van der Waals surface area contributed by atoms with E-state index in [1.807, 2.05) is 25.1 Å². The molecule has 0 bridgehead atoms. The number of aryl methyl sites for hydroxylation is 1. The minimum Gasteiger partial charge on any atom is -0.398 e. The Labute approximate surface area is 126 Å². The van der Waals surface area contributed by atoms with Crippen molar-refractivity contribution >= 4 is 23.4 Å². The lowest BCUT2D eigenvalue weighted by Gasteiger charge is -2.13. The van der Waals surface area contributed by atoms with E-state index in [9.17, 15) is 4.79 Å². The van der Waals surface area contributed by atoms with Gasteiger partial charge in [-0.15, -0.1) is 11.8 Å². The highest BCUT2D eigenvalue weighted by atomic mass is 32.2. The van der Waals surface area contributed by atoms with Crippen LogP contribution in [0, 0.1) is 6.92 Å². The van der Waals surface area contributed by atoms with Crippen molar-refractivity contribution in [2.75, 3.05) is 11.5 Å². The average Bonchev–Trinajstić information content (AvgIpc) is 2.40. The summed E-state index contributed by atoms with van der Waals surface area (Å²) in [6, 6.07) is 6.15. The molecule has 0 aliphatic heterocycles. The van der Waals surface area contributed by atoms with Crippen LogP contribution in [-0.4, -0.2) is 17.7 Å². The number of nitrogens with one attached hydrogen (secondary N) is 1. The van der Waals surface area contributed by atoms with Crippen molar-refractivity contribution in [1.82, 2.24) is 5.32 Å². The summed E-state index contributed by atoms with van der Waals surface area (Å²) in [6.45, 7) is 6.28. The first kappa shape index (κ1) is 16.9. The van der Waals surface area contributed by atoms with E-state index in [1.54, 1.807) is 0 Å². The highest BCUT2D eigenvalue weighted by Gasteiger charge is 2.09. The Hall–Kier alpha value is -1.16. The maximum Gasteiger partial charge on any atom is 0.230 e. The molecule has 3 nitrogen and oxygen atoms in total. The molecule has 0 saturated heterocycles. The fourth-order valence-electron chi connectivity index (χ4n) is 2.00. The topological polar surface area (TPSA) is 55.1 Å². The lowest BCUT2D eigenvalue weighted by Crippen LogP contribution is -2.33. The van der Waals surface area contributed by atoms with Crippen molar-refractivity contribution in [3.8, 4) is 0 Å². The number of unbranched alkanes of at least 4 members (excludes halogenated alkanes) is 2. The van der Waals surface area contributed by atoms with E-state index in [0.29, 0.717) is 5.75 Å². The molecule has 4 heteroatoms. The molecule has 20 heavy (non-hydrogen) atoms. The molecule has 0 heterocycles. The summed E-state index contributed by atoms with van der Waals surface area (Å²) in [4.78, 5) is 12.9. The van der Waals surface area contributed by atoms with Crippen LogP contribution >= 0.6 is 11.8 Å². The number of nitrogen functional groups attached to an aromatic ring is 1. The molecule has 1 atom stereocenters. The maximum atomic E-state index is 11.9. The molecule has 112 valence electrons. The first-order valence-electron chi connectivity index (χ1n) is 7.31. The third-order valence-corrected chi connectivity index (χ3v) is 4.25. The van der Waals surface area contributed by atoms with E-state index in [1.165, 1.54) is 31.0 Å². The van der Waals surface area contributed by atoms with E-state index >= 15 is 0 Å². The Morgan fingerprint density at radius 2 is 2.15 bits per heavy atom. The van der Waals surface area contributed by atoms with Gasteiger partial charge in [0.05, 0.1) is 5.75 Å². The summed E-state index contributed by atoms with van der Waals surface area (Å²) in [7, 11) is 0. The van der Waals surface area contributed by atoms with E-state index in [2.05, 4.69) is 19.2 Å². The van der Waals surface area contributed by atoms with Gasteiger partial charge in [-0.2, -0.15) is 0 Å².